The number of benzene rings is 1. The lowest BCUT2D eigenvalue weighted by Gasteiger charge is -2.18. The highest BCUT2D eigenvalue weighted by molar-refractivity contribution is 8.04. The van der Waals surface area contributed by atoms with Gasteiger partial charge in [0.25, 0.3) is 0 Å². The van der Waals surface area contributed by atoms with Crippen molar-refractivity contribution in [1.82, 2.24) is 5.32 Å². The lowest BCUT2D eigenvalue weighted by molar-refractivity contribution is -0.118. The highest BCUT2D eigenvalue weighted by atomic mass is 32.2. The Morgan fingerprint density at radius 2 is 1.74 bits per heavy atom. The summed E-state index contributed by atoms with van der Waals surface area (Å²) in [6.45, 7) is 1.63. The molecule has 0 spiro atoms. The predicted molar refractivity (Wildman–Crippen MR) is 74.3 cm³/mol. The highest BCUT2D eigenvalue weighted by Crippen LogP contribution is 2.32. The molecule has 0 heterocycles. The van der Waals surface area contributed by atoms with E-state index in [2.05, 4.69) is 5.32 Å². The monoisotopic (exact) mass is 275 g/mol. The van der Waals surface area contributed by atoms with E-state index in [0.29, 0.717) is 21.6 Å². The minimum absolute atomic E-state index is 0.129. The van der Waals surface area contributed by atoms with Gasteiger partial charge >= 0.3 is 0 Å². The van der Waals surface area contributed by atoms with Gasteiger partial charge in [0, 0.05) is 23.7 Å². The van der Waals surface area contributed by atoms with Crippen LogP contribution < -0.4 is 5.32 Å². The fraction of sp³-hybridized carbons (Fsp3) is 0.214. The Morgan fingerprint density at radius 3 is 2.32 bits per heavy atom. The number of nitrogens with one attached hydrogen (secondary N) is 1. The first kappa shape index (κ1) is 13.5. The molecular weight excluding hydrogens is 262 g/mol. The van der Waals surface area contributed by atoms with Crippen LogP contribution in [0.1, 0.15) is 27.6 Å². The Labute approximate surface area is 115 Å². The molecule has 5 heteroatoms. The van der Waals surface area contributed by atoms with Crippen LogP contribution in [0.25, 0.3) is 0 Å². The first-order valence-electron chi connectivity index (χ1n) is 5.79. The molecular formula is C14H13NO3S. The standard InChI is InChI=1S/C14H13NO3S/c1-8-12(17)9-5-3-4-6-10(9)13(18)14(8)19-7-11(16)15-2/h3-6H,7H2,1-2H3,(H,15,16). The highest BCUT2D eigenvalue weighted by Gasteiger charge is 2.29. The van der Waals surface area contributed by atoms with Gasteiger partial charge in [-0.3, -0.25) is 14.4 Å². The van der Waals surface area contributed by atoms with E-state index in [4.69, 9.17) is 0 Å². The van der Waals surface area contributed by atoms with Gasteiger partial charge in [-0.1, -0.05) is 24.3 Å². The van der Waals surface area contributed by atoms with Gasteiger partial charge in [0.05, 0.1) is 10.7 Å². The summed E-state index contributed by atoms with van der Waals surface area (Å²) in [6, 6.07) is 6.76. The number of carbonyl (C=O) groups excluding carboxylic acids is 3. The normalized spacial score (nSPS) is 14.4. The smallest absolute Gasteiger partial charge is 0.230 e. The summed E-state index contributed by atoms with van der Waals surface area (Å²) >= 11 is 1.11. The van der Waals surface area contributed by atoms with Crippen molar-refractivity contribution in [3.8, 4) is 0 Å². The number of rotatable bonds is 3. The van der Waals surface area contributed by atoms with E-state index in [1.54, 1.807) is 31.2 Å². The zero-order valence-corrected chi connectivity index (χ0v) is 11.5. The van der Waals surface area contributed by atoms with Gasteiger partial charge in [0.2, 0.25) is 11.7 Å². The van der Waals surface area contributed by atoms with Crippen molar-refractivity contribution in [3.63, 3.8) is 0 Å². The van der Waals surface area contributed by atoms with Crippen molar-refractivity contribution < 1.29 is 14.4 Å². The Balaban J connectivity index is 2.35. The average molecular weight is 275 g/mol. The number of carbonyl (C=O) groups is 3. The lowest BCUT2D eigenvalue weighted by Crippen LogP contribution is -2.23. The van der Waals surface area contributed by atoms with E-state index in [-0.39, 0.29) is 23.2 Å². The zero-order chi connectivity index (χ0) is 14.0. The Hall–Kier alpha value is -1.88. The zero-order valence-electron chi connectivity index (χ0n) is 10.6. The molecule has 1 aliphatic carbocycles. The van der Waals surface area contributed by atoms with Crippen LogP contribution in [0.3, 0.4) is 0 Å². The first-order valence-corrected chi connectivity index (χ1v) is 6.77. The lowest BCUT2D eigenvalue weighted by atomic mass is 9.90. The first-order chi connectivity index (χ1) is 9.06. The summed E-state index contributed by atoms with van der Waals surface area (Å²) in [4.78, 5) is 36.1. The van der Waals surface area contributed by atoms with Crippen molar-refractivity contribution in [2.24, 2.45) is 0 Å². The molecule has 0 fully saturated rings. The van der Waals surface area contributed by atoms with E-state index in [1.807, 2.05) is 0 Å². The third-order valence-corrected chi connectivity index (χ3v) is 4.12. The molecule has 19 heavy (non-hydrogen) atoms. The molecule has 1 amide bonds. The molecule has 0 aromatic heterocycles. The van der Waals surface area contributed by atoms with Crippen LogP contribution >= 0.6 is 11.8 Å². The Bertz CT molecular complexity index is 604. The van der Waals surface area contributed by atoms with Crippen molar-refractivity contribution in [2.75, 3.05) is 12.8 Å². The van der Waals surface area contributed by atoms with Gasteiger partial charge in [-0.05, 0) is 6.92 Å². The SMILES string of the molecule is CNC(=O)CSC1=C(C)C(=O)c2ccccc2C1=O. The van der Waals surface area contributed by atoms with Crippen LogP contribution in [0.4, 0.5) is 0 Å². The molecule has 1 N–H and O–H groups in total. The molecule has 0 radical (unpaired) electrons. The van der Waals surface area contributed by atoms with E-state index in [9.17, 15) is 14.4 Å². The molecule has 0 unspecified atom stereocenters. The molecule has 0 atom stereocenters. The summed E-state index contributed by atoms with van der Waals surface area (Å²) in [5.41, 5.74) is 1.27. The van der Waals surface area contributed by atoms with Gasteiger partial charge in [-0.25, -0.2) is 0 Å². The average Bonchev–Trinajstić information content (AvgIpc) is 2.44. The summed E-state index contributed by atoms with van der Waals surface area (Å²) in [5.74, 6) is -0.370. The molecule has 2 rings (SSSR count). The molecule has 1 aliphatic rings. The van der Waals surface area contributed by atoms with Gasteiger partial charge in [0.15, 0.2) is 5.78 Å². The van der Waals surface area contributed by atoms with E-state index < -0.39 is 0 Å². The Morgan fingerprint density at radius 1 is 1.16 bits per heavy atom. The van der Waals surface area contributed by atoms with Crippen LogP contribution in [0, 0.1) is 0 Å². The minimum atomic E-state index is -0.179. The summed E-state index contributed by atoms with van der Waals surface area (Å²) in [7, 11) is 1.53. The fourth-order valence-electron chi connectivity index (χ4n) is 1.86. The van der Waals surface area contributed by atoms with Gasteiger partial charge in [0.1, 0.15) is 0 Å². The third kappa shape index (κ3) is 2.46. The number of ketones is 2. The van der Waals surface area contributed by atoms with Crippen molar-refractivity contribution in [2.45, 2.75) is 6.92 Å². The summed E-state index contributed by atoms with van der Waals surface area (Å²) < 4.78 is 0. The van der Waals surface area contributed by atoms with E-state index in [1.165, 1.54) is 7.05 Å². The predicted octanol–water partition coefficient (Wildman–Crippen LogP) is 1.82. The molecule has 0 aliphatic heterocycles. The topological polar surface area (TPSA) is 63.2 Å². The molecule has 0 saturated carbocycles. The molecule has 0 bridgehead atoms. The number of thioether (sulfide) groups is 1. The van der Waals surface area contributed by atoms with Crippen LogP contribution in [0.2, 0.25) is 0 Å². The van der Waals surface area contributed by atoms with Gasteiger partial charge in [-0.2, -0.15) is 0 Å². The van der Waals surface area contributed by atoms with Gasteiger partial charge < -0.3 is 5.32 Å². The minimum Gasteiger partial charge on any atom is -0.358 e. The number of hydrogen-bond donors (Lipinski definition) is 1. The van der Waals surface area contributed by atoms with Crippen molar-refractivity contribution in [1.29, 1.82) is 0 Å². The second kappa shape index (κ2) is 5.40. The van der Waals surface area contributed by atoms with Crippen LogP contribution in [-0.2, 0) is 4.79 Å². The molecule has 1 aromatic carbocycles. The second-order valence-electron chi connectivity index (χ2n) is 4.12. The van der Waals surface area contributed by atoms with Crippen LogP contribution in [0.5, 0.6) is 0 Å². The summed E-state index contributed by atoms with van der Waals surface area (Å²) in [5, 5.41) is 2.49. The van der Waals surface area contributed by atoms with E-state index in [0.717, 1.165) is 11.8 Å². The van der Waals surface area contributed by atoms with Crippen molar-refractivity contribution >= 4 is 29.2 Å². The molecule has 0 saturated heterocycles. The summed E-state index contributed by atoms with van der Waals surface area (Å²) in [6.07, 6.45) is 0. The third-order valence-electron chi connectivity index (χ3n) is 2.93. The van der Waals surface area contributed by atoms with Gasteiger partial charge in [-0.15, -0.1) is 11.8 Å². The van der Waals surface area contributed by atoms with E-state index >= 15 is 0 Å². The molecule has 98 valence electrons. The number of hydrogen-bond acceptors (Lipinski definition) is 4. The fourth-order valence-corrected chi connectivity index (χ4v) is 2.83. The quantitative estimate of drug-likeness (QED) is 0.914. The van der Waals surface area contributed by atoms with Crippen molar-refractivity contribution in [3.05, 3.63) is 45.9 Å². The maximum atomic E-state index is 12.3. The number of Topliss-reactive ketones (excluding diaryl/α,β-unsaturated/α-hetero) is 2. The number of fused-ring (bicyclic) bond motifs is 1. The number of amides is 1. The molecule has 1 aromatic rings. The second-order valence-corrected chi connectivity index (χ2v) is 5.11. The maximum Gasteiger partial charge on any atom is 0.230 e. The van der Waals surface area contributed by atoms with Crippen LogP contribution in [0.15, 0.2) is 34.7 Å². The largest absolute Gasteiger partial charge is 0.358 e. The molecule has 4 nitrogen and oxygen atoms in total. The Kier molecular flexibility index (Phi) is 3.85. The van der Waals surface area contributed by atoms with Crippen LogP contribution in [-0.4, -0.2) is 30.3 Å². The number of allylic oxidation sites excluding steroid dienone is 2. The maximum absolute atomic E-state index is 12.3.